The fourth-order valence-electron chi connectivity index (χ4n) is 2.66. The number of carbonyl (C=O) groups is 3. The normalized spacial score (nSPS) is 13.0. The quantitative estimate of drug-likeness (QED) is 0.449. The smallest absolute Gasteiger partial charge is 0.270 e. The number of fused-ring (bicyclic) bond motifs is 1. The Morgan fingerprint density at radius 1 is 1.27 bits per heavy atom. The molecule has 0 radical (unpaired) electrons. The standard InChI is InChI=1S/C16H15N5O5/c1-19-7-10(18-9-19)4-5-17-14(22)8-20-15(23)12-3-2-11(21(25)26)6-13(12)16(20)24/h2-3,6-7,9H,4-5,8H2,1H3,(H,17,22). The lowest BCUT2D eigenvalue weighted by Crippen LogP contribution is -2.40. The third kappa shape index (κ3) is 3.29. The lowest BCUT2D eigenvalue weighted by Gasteiger charge is -2.13. The van der Waals surface area contributed by atoms with E-state index in [4.69, 9.17) is 0 Å². The van der Waals surface area contributed by atoms with E-state index in [-0.39, 0.29) is 16.8 Å². The SMILES string of the molecule is Cn1cnc(CCNC(=O)CN2C(=O)c3ccc([N+](=O)[O-])cc3C2=O)c1. The van der Waals surface area contributed by atoms with E-state index in [1.807, 2.05) is 13.2 Å². The topological polar surface area (TPSA) is 127 Å². The second kappa shape index (κ2) is 6.75. The summed E-state index contributed by atoms with van der Waals surface area (Å²) in [6.07, 6.45) is 3.99. The number of imide groups is 1. The number of nitrogens with one attached hydrogen (secondary N) is 1. The van der Waals surface area contributed by atoms with Crippen LogP contribution in [-0.2, 0) is 18.3 Å². The average Bonchev–Trinajstić information content (AvgIpc) is 3.11. The summed E-state index contributed by atoms with van der Waals surface area (Å²) in [5.74, 6) is -1.85. The first-order valence-corrected chi connectivity index (χ1v) is 7.75. The second-order valence-corrected chi connectivity index (χ2v) is 5.81. The second-order valence-electron chi connectivity index (χ2n) is 5.81. The van der Waals surface area contributed by atoms with Gasteiger partial charge in [-0.2, -0.15) is 0 Å². The number of nitro groups is 1. The third-order valence-corrected chi connectivity index (χ3v) is 3.93. The Morgan fingerprint density at radius 3 is 2.65 bits per heavy atom. The van der Waals surface area contributed by atoms with Gasteiger partial charge in [0.2, 0.25) is 5.91 Å². The molecule has 2 heterocycles. The van der Waals surface area contributed by atoms with Crippen LogP contribution in [0, 0.1) is 10.1 Å². The minimum atomic E-state index is -0.714. The Balaban J connectivity index is 1.61. The maximum Gasteiger partial charge on any atom is 0.270 e. The van der Waals surface area contributed by atoms with Crippen molar-refractivity contribution in [3.8, 4) is 0 Å². The van der Waals surface area contributed by atoms with Gasteiger partial charge in [0.25, 0.3) is 17.5 Å². The van der Waals surface area contributed by atoms with Gasteiger partial charge in [0.15, 0.2) is 0 Å². The largest absolute Gasteiger partial charge is 0.354 e. The molecule has 10 heteroatoms. The van der Waals surface area contributed by atoms with Crippen molar-refractivity contribution in [2.24, 2.45) is 7.05 Å². The van der Waals surface area contributed by atoms with Gasteiger partial charge in [-0.05, 0) is 6.07 Å². The molecule has 134 valence electrons. The zero-order chi connectivity index (χ0) is 18.8. The van der Waals surface area contributed by atoms with Crippen LogP contribution in [0.3, 0.4) is 0 Å². The Bertz CT molecular complexity index is 920. The molecule has 26 heavy (non-hydrogen) atoms. The van der Waals surface area contributed by atoms with Gasteiger partial charge < -0.3 is 9.88 Å². The molecule has 2 aromatic rings. The summed E-state index contributed by atoms with van der Waals surface area (Å²) in [5.41, 5.74) is 0.514. The number of hydrogen-bond acceptors (Lipinski definition) is 6. The summed E-state index contributed by atoms with van der Waals surface area (Å²) in [6.45, 7) is -0.132. The number of benzene rings is 1. The van der Waals surface area contributed by atoms with Crippen LogP contribution in [0.2, 0.25) is 0 Å². The number of carbonyl (C=O) groups excluding carboxylic acids is 3. The number of aromatic nitrogens is 2. The molecule has 0 saturated carbocycles. The summed E-state index contributed by atoms with van der Waals surface area (Å²) in [5, 5.41) is 13.4. The van der Waals surface area contributed by atoms with E-state index < -0.39 is 29.2 Å². The lowest BCUT2D eigenvalue weighted by molar-refractivity contribution is -0.384. The van der Waals surface area contributed by atoms with Crippen LogP contribution in [0.15, 0.2) is 30.7 Å². The fourth-order valence-corrected chi connectivity index (χ4v) is 2.66. The van der Waals surface area contributed by atoms with Gasteiger partial charge in [-0.1, -0.05) is 0 Å². The summed E-state index contributed by atoms with van der Waals surface area (Å²) in [7, 11) is 1.84. The highest BCUT2D eigenvalue weighted by atomic mass is 16.6. The fraction of sp³-hybridized carbons (Fsp3) is 0.250. The minimum absolute atomic E-state index is 0.0573. The van der Waals surface area contributed by atoms with E-state index in [1.165, 1.54) is 6.07 Å². The average molecular weight is 357 g/mol. The van der Waals surface area contributed by atoms with E-state index in [0.717, 1.165) is 22.7 Å². The van der Waals surface area contributed by atoms with Gasteiger partial charge in [0.1, 0.15) is 6.54 Å². The van der Waals surface area contributed by atoms with Crippen LogP contribution >= 0.6 is 0 Å². The maximum absolute atomic E-state index is 12.3. The van der Waals surface area contributed by atoms with Crippen molar-refractivity contribution in [2.75, 3.05) is 13.1 Å². The number of imidazole rings is 1. The predicted molar refractivity (Wildman–Crippen MR) is 88.4 cm³/mol. The number of non-ortho nitro benzene ring substituents is 1. The van der Waals surface area contributed by atoms with Crippen LogP contribution in [0.25, 0.3) is 0 Å². The van der Waals surface area contributed by atoms with Crippen LogP contribution in [-0.4, -0.2) is 50.2 Å². The molecule has 0 atom stereocenters. The van der Waals surface area contributed by atoms with Crippen molar-refractivity contribution in [3.63, 3.8) is 0 Å². The van der Waals surface area contributed by atoms with Gasteiger partial charge in [-0.15, -0.1) is 0 Å². The molecular formula is C16H15N5O5. The third-order valence-electron chi connectivity index (χ3n) is 3.93. The van der Waals surface area contributed by atoms with Crippen molar-refractivity contribution in [1.29, 1.82) is 0 Å². The molecule has 1 aromatic heterocycles. The molecule has 1 aliphatic rings. The van der Waals surface area contributed by atoms with Crippen LogP contribution < -0.4 is 5.32 Å². The number of hydrogen-bond donors (Lipinski definition) is 1. The van der Waals surface area contributed by atoms with Crippen LogP contribution in [0.1, 0.15) is 26.4 Å². The Kier molecular flexibility index (Phi) is 4.48. The molecule has 0 fully saturated rings. The molecule has 0 spiro atoms. The van der Waals surface area contributed by atoms with Gasteiger partial charge in [-0.25, -0.2) is 4.98 Å². The number of nitrogens with zero attached hydrogens (tertiary/aromatic N) is 4. The zero-order valence-corrected chi connectivity index (χ0v) is 13.8. The molecule has 3 rings (SSSR count). The molecule has 1 aromatic carbocycles. The highest BCUT2D eigenvalue weighted by Gasteiger charge is 2.37. The van der Waals surface area contributed by atoms with E-state index in [2.05, 4.69) is 10.3 Å². The molecule has 3 amide bonds. The number of amides is 3. The van der Waals surface area contributed by atoms with Crippen molar-refractivity contribution < 1.29 is 19.3 Å². The van der Waals surface area contributed by atoms with Crippen molar-refractivity contribution >= 4 is 23.4 Å². The maximum atomic E-state index is 12.3. The van der Waals surface area contributed by atoms with Crippen molar-refractivity contribution in [3.05, 3.63) is 57.7 Å². The van der Waals surface area contributed by atoms with Gasteiger partial charge >= 0.3 is 0 Å². The molecule has 0 aliphatic carbocycles. The Hall–Kier alpha value is -3.56. The number of aryl methyl sites for hydroxylation is 1. The van der Waals surface area contributed by atoms with E-state index >= 15 is 0 Å². The molecular weight excluding hydrogens is 342 g/mol. The lowest BCUT2D eigenvalue weighted by atomic mass is 10.1. The first kappa shape index (κ1) is 17.3. The number of nitro benzene ring substituents is 1. The summed E-state index contributed by atoms with van der Waals surface area (Å²) in [6, 6.07) is 3.43. The summed E-state index contributed by atoms with van der Waals surface area (Å²) in [4.78, 5) is 51.7. The van der Waals surface area contributed by atoms with Gasteiger partial charge in [-0.3, -0.25) is 29.4 Å². The summed E-state index contributed by atoms with van der Waals surface area (Å²) >= 11 is 0. The molecule has 0 bridgehead atoms. The highest BCUT2D eigenvalue weighted by Crippen LogP contribution is 2.26. The summed E-state index contributed by atoms with van der Waals surface area (Å²) < 4.78 is 1.79. The molecule has 1 aliphatic heterocycles. The first-order valence-electron chi connectivity index (χ1n) is 7.75. The predicted octanol–water partition coefficient (Wildman–Crippen LogP) is 0.283. The Labute approximate surface area is 147 Å². The zero-order valence-electron chi connectivity index (χ0n) is 13.8. The molecule has 10 nitrogen and oxygen atoms in total. The number of rotatable bonds is 6. The Morgan fingerprint density at radius 2 is 2.00 bits per heavy atom. The van der Waals surface area contributed by atoms with E-state index in [1.54, 1.807) is 10.9 Å². The minimum Gasteiger partial charge on any atom is -0.354 e. The van der Waals surface area contributed by atoms with E-state index in [0.29, 0.717) is 13.0 Å². The van der Waals surface area contributed by atoms with Gasteiger partial charge in [0, 0.05) is 38.3 Å². The van der Waals surface area contributed by atoms with Crippen LogP contribution in [0.5, 0.6) is 0 Å². The molecule has 0 unspecified atom stereocenters. The monoisotopic (exact) mass is 357 g/mol. The van der Waals surface area contributed by atoms with Crippen molar-refractivity contribution in [1.82, 2.24) is 19.8 Å². The van der Waals surface area contributed by atoms with Gasteiger partial charge in [0.05, 0.1) is 28.1 Å². The molecule has 1 N–H and O–H groups in total. The van der Waals surface area contributed by atoms with E-state index in [9.17, 15) is 24.5 Å². The first-order chi connectivity index (χ1) is 12.4. The van der Waals surface area contributed by atoms with Crippen LogP contribution in [0.4, 0.5) is 5.69 Å². The highest BCUT2D eigenvalue weighted by molar-refractivity contribution is 6.22. The molecule has 0 saturated heterocycles. The van der Waals surface area contributed by atoms with Crippen molar-refractivity contribution in [2.45, 2.75) is 6.42 Å².